The quantitative estimate of drug-likeness (QED) is 0.926. The predicted molar refractivity (Wildman–Crippen MR) is 85.4 cm³/mol. The van der Waals surface area contributed by atoms with E-state index in [9.17, 15) is 14.0 Å². The van der Waals surface area contributed by atoms with E-state index in [0.29, 0.717) is 25.3 Å². The fourth-order valence-electron chi connectivity index (χ4n) is 2.47. The van der Waals surface area contributed by atoms with Gasteiger partial charge in [0.15, 0.2) is 0 Å². The van der Waals surface area contributed by atoms with Crippen LogP contribution in [0.15, 0.2) is 24.3 Å². The van der Waals surface area contributed by atoms with Crippen LogP contribution in [0.25, 0.3) is 0 Å². The van der Waals surface area contributed by atoms with E-state index in [1.165, 1.54) is 24.3 Å². The Kier molecular flexibility index (Phi) is 5.36. The first-order valence-corrected chi connectivity index (χ1v) is 7.72. The molecule has 1 N–H and O–H groups in total. The number of rotatable bonds is 4. The van der Waals surface area contributed by atoms with Crippen LogP contribution in [-0.2, 0) is 14.3 Å². The average molecular weight is 322 g/mol. The van der Waals surface area contributed by atoms with Gasteiger partial charge in [0.1, 0.15) is 12.4 Å². The van der Waals surface area contributed by atoms with Crippen molar-refractivity contribution in [2.45, 2.75) is 32.7 Å². The van der Waals surface area contributed by atoms with E-state index in [1.54, 1.807) is 4.90 Å². The van der Waals surface area contributed by atoms with Gasteiger partial charge in [0.05, 0.1) is 12.5 Å². The summed E-state index contributed by atoms with van der Waals surface area (Å²) in [5.41, 5.74) is 0.0294. The first-order chi connectivity index (χ1) is 10.8. The fourth-order valence-corrected chi connectivity index (χ4v) is 2.47. The largest absolute Gasteiger partial charge is 0.381 e. The minimum Gasteiger partial charge on any atom is -0.381 e. The Labute approximate surface area is 135 Å². The van der Waals surface area contributed by atoms with Gasteiger partial charge in [-0.25, -0.2) is 4.39 Å². The van der Waals surface area contributed by atoms with Crippen LogP contribution in [0.2, 0.25) is 0 Å². The molecule has 0 spiro atoms. The van der Waals surface area contributed by atoms with Gasteiger partial charge in [-0.05, 0) is 51.5 Å². The normalized spacial score (nSPS) is 17.8. The van der Waals surface area contributed by atoms with Crippen molar-refractivity contribution in [3.05, 3.63) is 30.1 Å². The molecule has 0 aliphatic carbocycles. The van der Waals surface area contributed by atoms with E-state index in [4.69, 9.17) is 4.74 Å². The second kappa shape index (κ2) is 7.08. The lowest BCUT2D eigenvalue weighted by Crippen LogP contribution is -2.51. The molecule has 1 aliphatic rings. The molecule has 2 rings (SSSR count). The predicted octanol–water partition coefficient (Wildman–Crippen LogP) is 2.43. The molecule has 1 atom stereocenters. The van der Waals surface area contributed by atoms with E-state index in [2.05, 4.69) is 5.32 Å². The van der Waals surface area contributed by atoms with Crippen molar-refractivity contribution in [1.29, 1.82) is 0 Å². The fraction of sp³-hybridized carbons (Fsp3) is 0.529. The molecule has 1 aromatic rings. The number of benzene rings is 1. The van der Waals surface area contributed by atoms with Crippen LogP contribution in [0.3, 0.4) is 0 Å². The lowest BCUT2D eigenvalue weighted by Gasteiger charge is -2.36. The number of hydrogen-bond acceptors (Lipinski definition) is 3. The van der Waals surface area contributed by atoms with Gasteiger partial charge in [-0.2, -0.15) is 0 Å². The van der Waals surface area contributed by atoms with Gasteiger partial charge >= 0.3 is 0 Å². The summed E-state index contributed by atoms with van der Waals surface area (Å²) in [4.78, 5) is 26.5. The van der Waals surface area contributed by atoms with Gasteiger partial charge in [-0.1, -0.05) is 0 Å². The smallest absolute Gasteiger partial charge is 0.244 e. The van der Waals surface area contributed by atoms with E-state index in [0.717, 1.165) is 0 Å². The van der Waals surface area contributed by atoms with Crippen molar-refractivity contribution in [3.63, 3.8) is 0 Å². The summed E-state index contributed by atoms with van der Waals surface area (Å²) in [6, 6.07) is 5.53. The number of ether oxygens (including phenoxy) is 1. The molecule has 5 nitrogen and oxygen atoms in total. The van der Waals surface area contributed by atoms with Gasteiger partial charge in [0, 0.05) is 17.8 Å². The van der Waals surface area contributed by atoms with Crippen molar-refractivity contribution >= 4 is 17.5 Å². The molecule has 1 saturated heterocycles. The molecule has 0 radical (unpaired) electrons. The van der Waals surface area contributed by atoms with Crippen molar-refractivity contribution in [1.82, 2.24) is 4.90 Å². The first-order valence-electron chi connectivity index (χ1n) is 7.72. The second-order valence-corrected chi connectivity index (χ2v) is 6.71. The van der Waals surface area contributed by atoms with E-state index in [1.807, 2.05) is 20.8 Å². The maximum atomic E-state index is 12.9. The Morgan fingerprint density at radius 3 is 2.48 bits per heavy atom. The van der Waals surface area contributed by atoms with Crippen LogP contribution >= 0.6 is 0 Å². The number of carbonyl (C=O) groups excluding carboxylic acids is 2. The number of hydrogen-bond donors (Lipinski definition) is 1. The van der Waals surface area contributed by atoms with Crippen molar-refractivity contribution in [3.8, 4) is 0 Å². The third-order valence-electron chi connectivity index (χ3n) is 3.78. The summed E-state index contributed by atoms with van der Waals surface area (Å²) in [6.45, 7) is 6.63. The Hall–Kier alpha value is -1.95. The molecule has 1 aromatic carbocycles. The maximum absolute atomic E-state index is 12.9. The van der Waals surface area contributed by atoms with Crippen LogP contribution < -0.4 is 5.32 Å². The molecule has 6 heteroatoms. The van der Waals surface area contributed by atoms with Gasteiger partial charge in [0.2, 0.25) is 11.8 Å². The van der Waals surface area contributed by atoms with Crippen LogP contribution in [0.4, 0.5) is 10.1 Å². The molecule has 23 heavy (non-hydrogen) atoms. The highest BCUT2D eigenvalue weighted by Gasteiger charge is 2.34. The van der Waals surface area contributed by atoms with Gasteiger partial charge < -0.3 is 15.0 Å². The van der Waals surface area contributed by atoms with E-state index >= 15 is 0 Å². The molecule has 126 valence electrons. The molecule has 0 aromatic heterocycles. The Bertz CT molecular complexity index is 560. The molecule has 1 fully saturated rings. The zero-order valence-corrected chi connectivity index (χ0v) is 13.8. The topological polar surface area (TPSA) is 58.6 Å². The van der Waals surface area contributed by atoms with E-state index in [-0.39, 0.29) is 30.1 Å². The van der Waals surface area contributed by atoms with Crippen LogP contribution in [0, 0.1) is 11.7 Å². The monoisotopic (exact) mass is 322 g/mol. The number of carbonyl (C=O) groups is 2. The SMILES string of the molecule is CC(C)(C)N(CC(=O)Nc1ccc(F)cc1)C(=O)[C@H]1CCOC1. The molecule has 1 aliphatic heterocycles. The van der Waals surface area contributed by atoms with Crippen LogP contribution in [0.5, 0.6) is 0 Å². The Morgan fingerprint density at radius 1 is 1.30 bits per heavy atom. The summed E-state index contributed by atoms with van der Waals surface area (Å²) in [5.74, 6) is -0.924. The van der Waals surface area contributed by atoms with Crippen LogP contribution in [0.1, 0.15) is 27.2 Å². The van der Waals surface area contributed by atoms with Gasteiger partial charge in [-0.3, -0.25) is 9.59 Å². The van der Waals surface area contributed by atoms with E-state index < -0.39 is 5.54 Å². The molecule has 1 heterocycles. The highest BCUT2D eigenvalue weighted by molar-refractivity contribution is 5.95. The third kappa shape index (κ3) is 4.76. The lowest BCUT2D eigenvalue weighted by molar-refractivity contribution is -0.143. The minimum absolute atomic E-state index is 0.0454. The highest BCUT2D eigenvalue weighted by Crippen LogP contribution is 2.22. The third-order valence-corrected chi connectivity index (χ3v) is 3.78. The van der Waals surface area contributed by atoms with Crippen molar-refractivity contribution in [2.75, 3.05) is 25.1 Å². The zero-order chi connectivity index (χ0) is 17.0. The summed E-state index contributed by atoms with van der Waals surface area (Å²) < 4.78 is 18.2. The lowest BCUT2D eigenvalue weighted by atomic mass is 10.0. The summed E-state index contributed by atoms with van der Waals surface area (Å²) in [6.07, 6.45) is 0.686. The highest BCUT2D eigenvalue weighted by atomic mass is 19.1. The van der Waals surface area contributed by atoms with Crippen molar-refractivity contribution < 1.29 is 18.7 Å². The van der Waals surface area contributed by atoms with Crippen molar-refractivity contribution in [2.24, 2.45) is 5.92 Å². The second-order valence-electron chi connectivity index (χ2n) is 6.71. The van der Waals surface area contributed by atoms with Crippen LogP contribution in [-0.4, -0.2) is 42.0 Å². The molecular weight excluding hydrogens is 299 g/mol. The molecule has 0 unspecified atom stereocenters. The van der Waals surface area contributed by atoms with Gasteiger partial charge in [-0.15, -0.1) is 0 Å². The number of amides is 2. The summed E-state index contributed by atoms with van der Waals surface area (Å²) in [7, 11) is 0. The number of anilines is 1. The zero-order valence-electron chi connectivity index (χ0n) is 13.8. The summed E-state index contributed by atoms with van der Waals surface area (Å²) >= 11 is 0. The molecule has 0 saturated carbocycles. The maximum Gasteiger partial charge on any atom is 0.244 e. The standard InChI is InChI=1S/C17H23FN2O3/c1-17(2,3)20(16(22)12-8-9-23-11-12)10-15(21)19-14-6-4-13(18)5-7-14/h4-7,12H,8-11H2,1-3H3,(H,19,21)/t12-/m0/s1. The molecular formula is C17H23FN2O3. The number of nitrogens with one attached hydrogen (secondary N) is 1. The number of nitrogens with zero attached hydrogens (tertiary/aromatic N) is 1. The average Bonchev–Trinajstić information content (AvgIpc) is 2.99. The number of halogens is 1. The first kappa shape index (κ1) is 17.4. The van der Waals surface area contributed by atoms with Gasteiger partial charge in [0.25, 0.3) is 0 Å². The molecule has 0 bridgehead atoms. The summed E-state index contributed by atoms with van der Waals surface area (Å²) in [5, 5.41) is 2.69. The Morgan fingerprint density at radius 2 is 1.96 bits per heavy atom. The Balaban J connectivity index is 2.03. The molecule has 2 amide bonds. The minimum atomic E-state index is -0.472.